The van der Waals surface area contributed by atoms with E-state index in [1.54, 1.807) is 12.1 Å². The van der Waals surface area contributed by atoms with E-state index in [1.165, 1.54) is 12.1 Å². The second-order valence-corrected chi connectivity index (χ2v) is 8.43. The molecule has 2 aromatic carbocycles. The number of carbonyl (C=O) groups is 1. The minimum atomic E-state index is -3.36. The highest BCUT2D eigenvalue weighted by Crippen LogP contribution is 2.25. The van der Waals surface area contributed by atoms with Crippen molar-refractivity contribution in [1.82, 2.24) is 10.2 Å². The molecule has 25 heavy (non-hydrogen) atoms. The maximum absolute atomic E-state index is 12.4. The lowest BCUT2D eigenvalue weighted by molar-refractivity contribution is 0.0941. The van der Waals surface area contributed by atoms with Crippen molar-refractivity contribution in [3.8, 4) is 0 Å². The number of nitrogens with zero attached hydrogens (tertiary/aromatic N) is 1. The summed E-state index contributed by atoms with van der Waals surface area (Å²) in [4.78, 5) is 14.5. The van der Waals surface area contributed by atoms with Crippen LogP contribution in [0.15, 0.2) is 53.4 Å². The first-order valence-corrected chi connectivity index (χ1v) is 9.96. The summed E-state index contributed by atoms with van der Waals surface area (Å²) in [6, 6.07) is 13.4. The van der Waals surface area contributed by atoms with E-state index in [9.17, 15) is 13.2 Å². The summed E-state index contributed by atoms with van der Waals surface area (Å²) in [5.74, 6) is -0.329. The highest BCUT2D eigenvalue weighted by molar-refractivity contribution is 7.90. The van der Waals surface area contributed by atoms with Crippen LogP contribution in [0.25, 0.3) is 0 Å². The topological polar surface area (TPSA) is 66.5 Å². The molecule has 0 aromatic heterocycles. The maximum Gasteiger partial charge on any atom is 0.251 e. The Labute approximate surface area is 153 Å². The van der Waals surface area contributed by atoms with E-state index >= 15 is 0 Å². The molecule has 0 heterocycles. The number of halogens is 1. The Morgan fingerprint density at radius 1 is 1.16 bits per heavy atom. The first-order valence-electron chi connectivity index (χ1n) is 7.69. The zero-order valence-corrected chi connectivity index (χ0v) is 15.9. The maximum atomic E-state index is 12.4. The fourth-order valence-corrected chi connectivity index (χ4v) is 3.40. The minimum absolute atomic E-state index is 0.101. The number of carbonyl (C=O) groups excluding carboxylic acids is 1. The third-order valence-corrected chi connectivity index (χ3v) is 5.32. The lowest BCUT2D eigenvalue weighted by Crippen LogP contribution is -2.34. The number of rotatable bonds is 6. The van der Waals surface area contributed by atoms with Crippen LogP contribution in [-0.4, -0.2) is 46.1 Å². The molecule has 0 saturated carbocycles. The van der Waals surface area contributed by atoms with Crippen molar-refractivity contribution in [2.45, 2.75) is 10.9 Å². The van der Waals surface area contributed by atoms with Crippen LogP contribution in [0.4, 0.5) is 0 Å². The van der Waals surface area contributed by atoms with Crippen LogP contribution >= 0.6 is 11.6 Å². The largest absolute Gasteiger partial charge is 0.350 e. The van der Waals surface area contributed by atoms with Gasteiger partial charge in [0.2, 0.25) is 0 Å². The molecule has 0 bridgehead atoms. The summed E-state index contributed by atoms with van der Waals surface area (Å²) in [6.45, 7) is 0.346. The molecule has 1 amide bonds. The molecule has 0 spiro atoms. The van der Waals surface area contributed by atoms with Gasteiger partial charge in [-0.2, -0.15) is 0 Å². The standard InChI is InChI=1S/C18H21ClN2O3S/c1-21(2)17(15-9-4-5-10-16(15)19)12-20-18(22)13-7-6-8-14(11-13)25(3,23)24/h4-11,17H,12H2,1-3H3,(H,20,22). The summed E-state index contributed by atoms with van der Waals surface area (Å²) in [5.41, 5.74) is 1.22. The van der Waals surface area contributed by atoms with Crippen molar-refractivity contribution >= 4 is 27.3 Å². The van der Waals surface area contributed by atoms with Gasteiger partial charge in [0.1, 0.15) is 0 Å². The number of hydrogen-bond acceptors (Lipinski definition) is 4. The molecule has 0 radical (unpaired) electrons. The first-order chi connectivity index (χ1) is 11.7. The summed E-state index contributed by atoms with van der Waals surface area (Å²) in [6.07, 6.45) is 1.11. The van der Waals surface area contributed by atoms with E-state index in [4.69, 9.17) is 11.6 Å². The number of sulfone groups is 1. The second-order valence-electron chi connectivity index (χ2n) is 6.01. The van der Waals surface area contributed by atoms with Crippen LogP contribution in [0.3, 0.4) is 0 Å². The van der Waals surface area contributed by atoms with Gasteiger partial charge in [0.15, 0.2) is 9.84 Å². The highest BCUT2D eigenvalue weighted by atomic mass is 35.5. The van der Waals surface area contributed by atoms with Crippen molar-refractivity contribution in [3.63, 3.8) is 0 Å². The summed E-state index contributed by atoms with van der Waals surface area (Å²) < 4.78 is 23.3. The van der Waals surface area contributed by atoms with Crippen LogP contribution in [0.2, 0.25) is 5.02 Å². The van der Waals surface area contributed by atoms with Crippen molar-refractivity contribution in [2.24, 2.45) is 0 Å². The van der Waals surface area contributed by atoms with E-state index < -0.39 is 9.84 Å². The van der Waals surface area contributed by atoms with E-state index in [0.29, 0.717) is 17.1 Å². The number of amides is 1. The Morgan fingerprint density at radius 3 is 2.44 bits per heavy atom. The van der Waals surface area contributed by atoms with Crippen LogP contribution < -0.4 is 5.32 Å². The number of benzene rings is 2. The zero-order valence-electron chi connectivity index (χ0n) is 14.4. The fourth-order valence-electron chi connectivity index (χ4n) is 2.48. The predicted octanol–water partition coefficient (Wildman–Crippen LogP) is 2.78. The Bertz CT molecular complexity index is 866. The lowest BCUT2D eigenvalue weighted by atomic mass is 10.1. The van der Waals surface area contributed by atoms with Crippen LogP contribution in [-0.2, 0) is 9.84 Å². The van der Waals surface area contributed by atoms with Gasteiger partial charge in [0.25, 0.3) is 5.91 Å². The SMILES string of the molecule is CN(C)C(CNC(=O)c1cccc(S(C)(=O)=O)c1)c1ccccc1Cl. The predicted molar refractivity (Wildman–Crippen MR) is 99.8 cm³/mol. The van der Waals surface area contributed by atoms with Gasteiger partial charge in [-0.15, -0.1) is 0 Å². The normalized spacial score (nSPS) is 12.8. The molecular weight excluding hydrogens is 360 g/mol. The Balaban J connectivity index is 2.16. The smallest absolute Gasteiger partial charge is 0.251 e. The number of nitrogens with one attached hydrogen (secondary N) is 1. The zero-order chi connectivity index (χ0) is 18.6. The number of likely N-dealkylation sites (N-methyl/N-ethyl adjacent to an activating group) is 1. The molecule has 0 aliphatic rings. The molecule has 5 nitrogen and oxygen atoms in total. The molecule has 1 unspecified atom stereocenters. The highest BCUT2D eigenvalue weighted by Gasteiger charge is 2.19. The monoisotopic (exact) mass is 380 g/mol. The van der Waals surface area contributed by atoms with Gasteiger partial charge in [0, 0.05) is 23.4 Å². The van der Waals surface area contributed by atoms with Gasteiger partial charge < -0.3 is 10.2 Å². The van der Waals surface area contributed by atoms with Crippen molar-refractivity contribution < 1.29 is 13.2 Å². The molecule has 1 atom stereocenters. The molecule has 7 heteroatoms. The Morgan fingerprint density at radius 2 is 1.84 bits per heavy atom. The van der Waals surface area contributed by atoms with Crippen molar-refractivity contribution in [2.75, 3.05) is 26.9 Å². The third kappa shape index (κ3) is 5.04. The Hall–Kier alpha value is -1.89. The molecular formula is C18H21ClN2O3S. The third-order valence-electron chi connectivity index (χ3n) is 3.87. The molecule has 0 aliphatic carbocycles. The molecule has 0 saturated heterocycles. The quantitative estimate of drug-likeness (QED) is 0.836. The van der Waals surface area contributed by atoms with E-state index in [-0.39, 0.29) is 16.8 Å². The van der Waals surface area contributed by atoms with Crippen molar-refractivity contribution in [1.29, 1.82) is 0 Å². The Kier molecular flexibility index (Phi) is 6.21. The van der Waals surface area contributed by atoms with Crippen LogP contribution in [0.1, 0.15) is 22.0 Å². The first kappa shape index (κ1) is 19.4. The molecule has 2 aromatic rings. The summed E-state index contributed by atoms with van der Waals surface area (Å²) >= 11 is 6.26. The summed E-state index contributed by atoms with van der Waals surface area (Å²) in [7, 11) is 0.457. The fraction of sp³-hybridized carbons (Fsp3) is 0.278. The van der Waals surface area contributed by atoms with Crippen LogP contribution in [0.5, 0.6) is 0 Å². The van der Waals surface area contributed by atoms with Gasteiger partial charge in [0.05, 0.1) is 10.9 Å². The number of hydrogen-bond donors (Lipinski definition) is 1. The average molecular weight is 381 g/mol. The average Bonchev–Trinajstić information content (AvgIpc) is 2.55. The van der Waals surface area contributed by atoms with E-state index in [2.05, 4.69) is 5.32 Å². The van der Waals surface area contributed by atoms with Gasteiger partial charge in [-0.1, -0.05) is 35.9 Å². The van der Waals surface area contributed by atoms with E-state index in [1.807, 2.05) is 43.3 Å². The molecule has 0 fully saturated rings. The lowest BCUT2D eigenvalue weighted by Gasteiger charge is -2.26. The molecule has 134 valence electrons. The van der Waals surface area contributed by atoms with Crippen molar-refractivity contribution in [3.05, 3.63) is 64.7 Å². The molecule has 2 rings (SSSR count). The molecule has 1 N–H and O–H groups in total. The van der Waals surface area contributed by atoms with Gasteiger partial charge in [-0.05, 0) is 43.9 Å². The summed E-state index contributed by atoms with van der Waals surface area (Å²) in [5, 5.41) is 3.48. The second kappa shape index (κ2) is 7.99. The van der Waals surface area contributed by atoms with E-state index in [0.717, 1.165) is 11.8 Å². The molecule has 0 aliphatic heterocycles. The van der Waals surface area contributed by atoms with Gasteiger partial charge in [-0.25, -0.2) is 8.42 Å². The van der Waals surface area contributed by atoms with Gasteiger partial charge in [-0.3, -0.25) is 4.79 Å². The minimum Gasteiger partial charge on any atom is -0.350 e. The van der Waals surface area contributed by atoms with Gasteiger partial charge >= 0.3 is 0 Å². The van der Waals surface area contributed by atoms with Crippen LogP contribution in [0, 0.1) is 0 Å².